The topological polar surface area (TPSA) is 90.5 Å². The van der Waals surface area contributed by atoms with Crippen molar-refractivity contribution in [3.05, 3.63) is 46.0 Å². The van der Waals surface area contributed by atoms with Gasteiger partial charge >= 0.3 is 0 Å². The fraction of sp³-hybridized carbons (Fsp3) is 0.529. The van der Waals surface area contributed by atoms with Gasteiger partial charge in [-0.1, -0.05) is 19.9 Å². The number of nitrogens with zero attached hydrogens (tertiary/aromatic N) is 4. The number of carbonyl (C=O) groups excluding carboxylic acids is 1. The number of rotatable bonds is 4. The molecule has 0 spiro atoms. The van der Waals surface area contributed by atoms with Crippen molar-refractivity contribution < 1.29 is 13.9 Å². The summed E-state index contributed by atoms with van der Waals surface area (Å²) in [5.74, 6) is 0.933. The first-order chi connectivity index (χ1) is 12.0. The average molecular weight is 346 g/mol. The first-order valence-corrected chi connectivity index (χ1v) is 8.34. The summed E-state index contributed by atoms with van der Waals surface area (Å²) in [4.78, 5) is 26.3. The van der Waals surface area contributed by atoms with Gasteiger partial charge in [-0.25, -0.2) is 0 Å². The molecule has 8 heteroatoms. The van der Waals surface area contributed by atoms with Crippen LogP contribution in [0.5, 0.6) is 0 Å². The Balaban J connectivity index is 1.69. The number of aryl methyl sites for hydroxylation is 1. The minimum absolute atomic E-state index is 0.00824. The summed E-state index contributed by atoms with van der Waals surface area (Å²) in [6.45, 7) is 6.87. The summed E-state index contributed by atoms with van der Waals surface area (Å²) in [6, 6.07) is 3.49. The molecule has 3 heterocycles. The van der Waals surface area contributed by atoms with Gasteiger partial charge < -0.3 is 18.6 Å². The Morgan fingerprint density at radius 2 is 2.20 bits per heavy atom. The molecule has 0 N–H and O–H groups in total. The van der Waals surface area contributed by atoms with E-state index >= 15 is 0 Å². The van der Waals surface area contributed by atoms with E-state index in [2.05, 4.69) is 10.2 Å². The Bertz CT molecular complexity index is 811. The molecule has 1 fully saturated rings. The maximum absolute atomic E-state index is 12.6. The molecule has 1 saturated heterocycles. The number of amides is 1. The quantitative estimate of drug-likeness (QED) is 0.828. The van der Waals surface area contributed by atoms with Crippen LogP contribution in [0.25, 0.3) is 0 Å². The summed E-state index contributed by atoms with van der Waals surface area (Å²) < 4.78 is 12.7. The molecule has 3 rings (SSSR count). The van der Waals surface area contributed by atoms with E-state index in [9.17, 15) is 9.59 Å². The van der Waals surface area contributed by atoms with Gasteiger partial charge in [0.25, 0.3) is 5.56 Å². The van der Waals surface area contributed by atoms with Crippen molar-refractivity contribution >= 4 is 5.91 Å². The van der Waals surface area contributed by atoms with E-state index in [1.165, 1.54) is 4.57 Å². The lowest BCUT2D eigenvalue weighted by molar-refractivity contribution is -0.140. The van der Waals surface area contributed by atoms with Crippen molar-refractivity contribution in [2.24, 2.45) is 0 Å². The van der Waals surface area contributed by atoms with E-state index < -0.39 is 6.10 Å². The van der Waals surface area contributed by atoms with Gasteiger partial charge in [-0.2, -0.15) is 0 Å². The van der Waals surface area contributed by atoms with Crippen molar-refractivity contribution in [2.45, 2.75) is 39.3 Å². The van der Waals surface area contributed by atoms with Gasteiger partial charge in [0.1, 0.15) is 6.54 Å². The molecule has 1 aliphatic rings. The minimum Gasteiger partial charge on any atom is -0.422 e. The van der Waals surface area contributed by atoms with Gasteiger partial charge in [-0.15, -0.1) is 10.2 Å². The Hall–Kier alpha value is -2.48. The first-order valence-electron chi connectivity index (χ1n) is 8.34. The maximum Gasteiger partial charge on any atom is 0.253 e. The van der Waals surface area contributed by atoms with Gasteiger partial charge in [0, 0.05) is 24.2 Å². The van der Waals surface area contributed by atoms with Crippen LogP contribution in [0.15, 0.2) is 27.5 Å². The van der Waals surface area contributed by atoms with Gasteiger partial charge in [-0.3, -0.25) is 9.59 Å². The summed E-state index contributed by atoms with van der Waals surface area (Å²) in [7, 11) is 0. The molecule has 1 amide bonds. The first kappa shape index (κ1) is 17.3. The van der Waals surface area contributed by atoms with Gasteiger partial charge in [0.2, 0.25) is 17.7 Å². The number of hydrogen-bond donors (Lipinski definition) is 0. The predicted octanol–water partition coefficient (Wildman–Crippen LogP) is 1.26. The second kappa shape index (κ2) is 7.18. The second-order valence-electron chi connectivity index (χ2n) is 6.46. The highest BCUT2D eigenvalue weighted by atomic mass is 16.5. The van der Waals surface area contributed by atoms with Crippen molar-refractivity contribution in [3.63, 3.8) is 0 Å². The minimum atomic E-state index is -0.438. The summed E-state index contributed by atoms with van der Waals surface area (Å²) in [5, 5.41) is 8.03. The standard InChI is InChI=1S/C17H22N4O4/c1-11(2)15-18-19-16(25-15)13-9-20(7-8-24-13)14(22)10-21-6-4-5-12(3)17(21)23/h4-6,11,13H,7-10H2,1-3H3/t13-/m1/s1. The number of aromatic nitrogens is 3. The molecule has 0 bridgehead atoms. The molecule has 0 saturated carbocycles. The van der Waals surface area contributed by atoms with Crippen LogP contribution < -0.4 is 5.56 Å². The van der Waals surface area contributed by atoms with Crippen molar-refractivity contribution in [2.75, 3.05) is 19.7 Å². The van der Waals surface area contributed by atoms with Gasteiger partial charge in [0.05, 0.1) is 13.2 Å². The SMILES string of the molecule is Cc1cccn(CC(=O)N2CCO[C@@H](c3nnc(C(C)C)o3)C2)c1=O. The van der Waals surface area contributed by atoms with E-state index in [0.717, 1.165) is 0 Å². The van der Waals surface area contributed by atoms with E-state index in [0.29, 0.717) is 37.0 Å². The van der Waals surface area contributed by atoms with E-state index in [1.54, 1.807) is 30.2 Å². The molecule has 0 unspecified atom stereocenters. The van der Waals surface area contributed by atoms with Gasteiger partial charge in [0.15, 0.2) is 6.10 Å². The number of morpholine rings is 1. The molecular formula is C17H22N4O4. The van der Waals surface area contributed by atoms with E-state index in [-0.39, 0.29) is 23.9 Å². The largest absolute Gasteiger partial charge is 0.422 e. The molecular weight excluding hydrogens is 324 g/mol. The van der Waals surface area contributed by atoms with Crippen LogP contribution >= 0.6 is 0 Å². The van der Waals surface area contributed by atoms with Gasteiger partial charge in [-0.05, 0) is 13.0 Å². The van der Waals surface area contributed by atoms with Crippen LogP contribution in [-0.4, -0.2) is 45.3 Å². The third kappa shape index (κ3) is 3.79. The lowest BCUT2D eigenvalue weighted by Crippen LogP contribution is -2.44. The third-order valence-corrected chi connectivity index (χ3v) is 4.16. The second-order valence-corrected chi connectivity index (χ2v) is 6.46. The zero-order chi connectivity index (χ0) is 18.0. The third-order valence-electron chi connectivity index (χ3n) is 4.16. The van der Waals surface area contributed by atoms with Crippen molar-refractivity contribution in [1.29, 1.82) is 0 Å². The zero-order valence-corrected chi connectivity index (χ0v) is 14.6. The molecule has 2 aromatic rings. The lowest BCUT2D eigenvalue weighted by Gasteiger charge is -2.31. The summed E-state index contributed by atoms with van der Waals surface area (Å²) >= 11 is 0. The fourth-order valence-electron chi connectivity index (χ4n) is 2.66. The van der Waals surface area contributed by atoms with Crippen LogP contribution in [0.1, 0.15) is 43.2 Å². The van der Waals surface area contributed by atoms with Crippen LogP contribution in [0.2, 0.25) is 0 Å². The highest BCUT2D eigenvalue weighted by molar-refractivity contribution is 5.76. The Morgan fingerprint density at radius 3 is 2.92 bits per heavy atom. The van der Waals surface area contributed by atoms with Crippen LogP contribution in [0, 0.1) is 6.92 Å². The maximum atomic E-state index is 12.6. The summed E-state index contributed by atoms with van der Waals surface area (Å²) in [5.41, 5.74) is 0.460. The van der Waals surface area contributed by atoms with Crippen molar-refractivity contribution in [1.82, 2.24) is 19.7 Å². The molecule has 2 aromatic heterocycles. The van der Waals surface area contributed by atoms with E-state index in [4.69, 9.17) is 9.15 Å². The fourth-order valence-corrected chi connectivity index (χ4v) is 2.66. The number of carbonyl (C=O) groups is 1. The highest BCUT2D eigenvalue weighted by Crippen LogP contribution is 2.23. The van der Waals surface area contributed by atoms with Crippen LogP contribution in [0.3, 0.4) is 0 Å². The molecule has 25 heavy (non-hydrogen) atoms. The molecule has 0 radical (unpaired) electrons. The molecule has 1 aliphatic heterocycles. The normalized spacial score (nSPS) is 17.9. The monoisotopic (exact) mass is 346 g/mol. The zero-order valence-electron chi connectivity index (χ0n) is 14.6. The van der Waals surface area contributed by atoms with Crippen molar-refractivity contribution in [3.8, 4) is 0 Å². The Morgan fingerprint density at radius 1 is 1.40 bits per heavy atom. The lowest BCUT2D eigenvalue weighted by atomic mass is 10.2. The summed E-state index contributed by atoms with van der Waals surface area (Å²) in [6.07, 6.45) is 1.19. The number of hydrogen-bond acceptors (Lipinski definition) is 6. The molecule has 0 aromatic carbocycles. The Kier molecular flexibility index (Phi) is 4.98. The highest BCUT2D eigenvalue weighted by Gasteiger charge is 2.29. The smallest absolute Gasteiger partial charge is 0.253 e. The molecule has 8 nitrogen and oxygen atoms in total. The predicted molar refractivity (Wildman–Crippen MR) is 89.1 cm³/mol. The number of ether oxygens (including phenoxy) is 1. The van der Waals surface area contributed by atoms with Crippen LogP contribution in [0.4, 0.5) is 0 Å². The molecule has 1 atom stereocenters. The molecule has 0 aliphatic carbocycles. The van der Waals surface area contributed by atoms with Crippen LogP contribution in [-0.2, 0) is 16.1 Å². The number of pyridine rings is 1. The van der Waals surface area contributed by atoms with E-state index in [1.807, 2.05) is 13.8 Å². The Labute approximate surface area is 145 Å². The average Bonchev–Trinajstić information content (AvgIpc) is 3.09. The molecule has 134 valence electrons.